The maximum atomic E-state index is 11.8. The molecule has 82 valence electrons. The Labute approximate surface area is 85.6 Å². The highest BCUT2D eigenvalue weighted by molar-refractivity contribution is 5.77. The number of nitrogens with one attached hydrogen (secondary N) is 1. The first kappa shape index (κ1) is 11.5. The predicted octanol–water partition coefficient (Wildman–Crippen LogP) is 0.233. The van der Waals surface area contributed by atoms with Crippen molar-refractivity contribution in [2.45, 2.75) is 25.9 Å². The van der Waals surface area contributed by atoms with Gasteiger partial charge in [0.05, 0.1) is 12.0 Å². The van der Waals surface area contributed by atoms with E-state index in [9.17, 15) is 4.79 Å². The van der Waals surface area contributed by atoms with Crippen LogP contribution in [0.1, 0.15) is 20.3 Å². The lowest BCUT2D eigenvalue weighted by Gasteiger charge is -2.31. The quantitative estimate of drug-likeness (QED) is 0.709. The number of nitrogens with zero attached hydrogens (tertiary/aromatic N) is 1. The van der Waals surface area contributed by atoms with Crippen LogP contribution in [-0.2, 0) is 9.53 Å². The van der Waals surface area contributed by atoms with Gasteiger partial charge in [-0.15, -0.1) is 0 Å². The molecule has 4 nitrogen and oxygen atoms in total. The van der Waals surface area contributed by atoms with Crippen molar-refractivity contribution in [1.29, 1.82) is 0 Å². The Bertz CT molecular complexity index is 198. The number of rotatable bonds is 3. The van der Waals surface area contributed by atoms with Crippen molar-refractivity contribution >= 4 is 5.91 Å². The van der Waals surface area contributed by atoms with Crippen LogP contribution in [-0.4, -0.2) is 49.7 Å². The zero-order valence-corrected chi connectivity index (χ0v) is 9.30. The smallest absolute Gasteiger partial charge is 0.225 e. The molecule has 4 heteroatoms. The minimum absolute atomic E-state index is 0.193. The monoisotopic (exact) mass is 200 g/mol. The van der Waals surface area contributed by atoms with E-state index >= 15 is 0 Å². The van der Waals surface area contributed by atoms with Crippen LogP contribution in [0.3, 0.4) is 0 Å². The molecule has 0 aromatic heterocycles. The van der Waals surface area contributed by atoms with Crippen molar-refractivity contribution in [1.82, 2.24) is 10.2 Å². The minimum Gasteiger partial charge on any atom is -0.378 e. The molecule has 1 N–H and O–H groups in total. The summed E-state index contributed by atoms with van der Waals surface area (Å²) in [5.41, 5.74) is -0.345. The maximum Gasteiger partial charge on any atom is 0.225 e. The molecule has 14 heavy (non-hydrogen) atoms. The number of hydrogen-bond acceptors (Lipinski definition) is 3. The minimum atomic E-state index is -0.345. The molecule has 1 aliphatic heterocycles. The van der Waals surface area contributed by atoms with E-state index in [1.807, 2.05) is 18.7 Å². The van der Waals surface area contributed by atoms with Crippen molar-refractivity contribution in [3.63, 3.8) is 0 Å². The van der Waals surface area contributed by atoms with Gasteiger partial charge in [0, 0.05) is 33.3 Å². The molecule has 0 spiro atoms. The number of piperazine rings is 1. The highest BCUT2D eigenvalue weighted by Crippen LogP contribution is 2.14. The van der Waals surface area contributed by atoms with Gasteiger partial charge >= 0.3 is 0 Å². The second-order valence-electron chi connectivity index (χ2n) is 4.27. The van der Waals surface area contributed by atoms with Gasteiger partial charge in [0.2, 0.25) is 5.91 Å². The number of ether oxygens (including phenoxy) is 1. The first-order valence-electron chi connectivity index (χ1n) is 5.09. The van der Waals surface area contributed by atoms with Crippen LogP contribution < -0.4 is 5.32 Å². The molecule has 1 heterocycles. The average molecular weight is 200 g/mol. The SMILES string of the molecule is COC(C)(C)CC(=O)N1CCNCC1. The number of hydrogen-bond donors (Lipinski definition) is 1. The lowest BCUT2D eigenvalue weighted by atomic mass is 10.0. The Balaban J connectivity index is 2.40. The second kappa shape index (κ2) is 4.75. The largest absolute Gasteiger partial charge is 0.378 e. The van der Waals surface area contributed by atoms with E-state index in [0.717, 1.165) is 26.2 Å². The topological polar surface area (TPSA) is 41.6 Å². The maximum absolute atomic E-state index is 11.8. The third kappa shape index (κ3) is 3.27. The van der Waals surface area contributed by atoms with E-state index in [-0.39, 0.29) is 11.5 Å². The van der Waals surface area contributed by atoms with E-state index in [1.54, 1.807) is 7.11 Å². The average Bonchev–Trinajstić information content (AvgIpc) is 2.19. The molecule has 0 radical (unpaired) electrons. The summed E-state index contributed by atoms with van der Waals surface area (Å²) in [5, 5.41) is 3.22. The molecule has 1 aliphatic rings. The highest BCUT2D eigenvalue weighted by Gasteiger charge is 2.25. The molecule has 0 bridgehead atoms. The fraction of sp³-hybridized carbons (Fsp3) is 0.900. The van der Waals surface area contributed by atoms with Crippen molar-refractivity contribution in [2.24, 2.45) is 0 Å². The van der Waals surface area contributed by atoms with Crippen LogP contribution >= 0.6 is 0 Å². The summed E-state index contributed by atoms with van der Waals surface area (Å²) >= 11 is 0. The summed E-state index contributed by atoms with van der Waals surface area (Å²) in [6.07, 6.45) is 0.462. The number of methoxy groups -OCH3 is 1. The van der Waals surface area contributed by atoms with Gasteiger partial charge in [0.25, 0.3) is 0 Å². The van der Waals surface area contributed by atoms with Gasteiger partial charge in [-0.3, -0.25) is 4.79 Å². The number of carbonyl (C=O) groups excluding carboxylic acids is 1. The van der Waals surface area contributed by atoms with Crippen molar-refractivity contribution < 1.29 is 9.53 Å². The molecule has 0 saturated carbocycles. The fourth-order valence-electron chi connectivity index (χ4n) is 1.46. The summed E-state index contributed by atoms with van der Waals surface area (Å²) in [4.78, 5) is 13.7. The lowest BCUT2D eigenvalue weighted by Crippen LogP contribution is -2.48. The van der Waals surface area contributed by atoms with Crippen molar-refractivity contribution in [3.8, 4) is 0 Å². The van der Waals surface area contributed by atoms with E-state index in [1.165, 1.54) is 0 Å². The standard InChI is InChI=1S/C10H20N2O2/c1-10(2,14-3)8-9(13)12-6-4-11-5-7-12/h11H,4-8H2,1-3H3. The molecule has 0 aromatic carbocycles. The molecule has 0 aromatic rings. The van der Waals surface area contributed by atoms with Crippen molar-refractivity contribution in [3.05, 3.63) is 0 Å². The second-order valence-corrected chi connectivity index (χ2v) is 4.27. The van der Waals surface area contributed by atoms with Crippen LogP contribution in [0.4, 0.5) is 0 Å². The number of amides is 1. The molecule has 1 rings (SSSR count). The summed E-state index contributed by atoms with van der Waals surface area (Å²) in [6.45, 7) is 7.32. The van der Waals surface area contributed by atoms with Crippen LogP contribution in [0.5, 0.6) is 0 Å². The predicted molar refractivity (Wildman–Crippen MR) is 55.2 cm³/mol. The molecular formula is C10H20N2O2. The van der Waals surface area contributed by atoms with E-state index in [2.05, 4.69) is 5.32 Å². The van der Waals surface area contributed by atoms with E-state index < -0.39 is 0 Å². The zero-order valence-electron chi connectivity index (χ0n) is 9.30. The molecule has 0 atom stereocenters. The molecule has 0 unspecified atom stereocenters. The van der Waals surface area contributed by atoms with Gasteiger partial charge in [-0.05, 0) is 13.8 Å². The van der Waals surface area contributed by atoms with Crippen LogP contribution in [0.25, 0.3) is 0 Å². The lowest BCUT2D eigenvalue weighted by molar-refractivity contribution is -0.137. The van der Waals surface area contributed by atoms with Gasteiger partial charge in [0.15, 0.2) is 0 Å². The van der Waals surface area contributed by atoms with Gasteiger partial charge in [0.1, 0.15) is 0 Å². The molecule has 1 fully saturated rings. The third-order valence-electron chi connectivity index (χ3n) is 2.60. The Morgan fingerprint density at radius 3 is 2.50 bits per heavy atom. The van der Waals surface area contributed by atoms with Gasteiger partial charge < -0.3 is 15.0 Å². The molecular weight excluding hydrogens is 180 g/mol. The molecule has 1 saturated heterocycles. The van der Waals surface area contributed by atoms with Crippen molar-refractivity contribution in [2.75, 3.05) is 33.3 Å². The van der Waals surface area contributed by atoms with E-state index in [4.69, 9.17) is 4.74 Å². The zero-order chi connectivity index (χ0) is 10.6. The molecule has 1 amide bonds. The van der Waals surface area contributed by atoms with E-state index in [0.29, 0.717) is 6.42 Å². The fourth-order valence-corrected chi connectivity index (χ4v) is 1.46. The summed E-state index contributed by atoms with van der Waals surface area (Å²) in [6, 6.07) is 0. The van der Waals surface area contributed by atoms with Crippen LogP contribution in [0, 0.1) is 0 Å². The van der Waals surface area contributed by atoms with Crippen LogP contribution in [0.2, 0.25) is 0 Å². The Hall–Kier alpha value is -0.610. The summed E-state index contributed by atoms with van der Waals surface area (Å²) < 4.78 is 5.24. The van der Waals surface area contributed by atoms with Crippen LogP contribution in [0.15, 0.2) is 0 Å². The Kier molecular flexibility index (Phi) is 3.89. The third-order valence-corrected chi connectivity index (χ3v) is 2.60. The first-order chi connectivity index (χ1) is 6.55. The summed E-state index contributed by atoms with van der Waals surface area (Å²) in [5.74, 6) is 0.193. The van der Waals surface area contributed by atoms with Gasteiger partial charge in [-0.2, -0.15) is 0 Å². The summed E-state index contributed by atoms with van der Waals surface area (Å²) in [7, 11) is 1.64. The Morgan fingerprint density at radius 1 is 1.43 bits per heavy atom. The van der Waals surface area contributed by atoms with Gasteiger partial charge in [-0.1, -0.05) is 0 Å². The normalized spacial score (nSPS) is 18.4. The molecule has 0 aliphatic carbocycles. The first-order valence-corrected chi connectivity index (χ1v) is 5.09. The van der Waals surface area contributed by atoms with Gasteiger partial charge in [-0.25, -0.2) is 0 Å². The Morgan fingerprint density at radius 2 is 2.00 bits per heavy atom. The number of carbonyl (C=O) groups is 1. The highest BCUT2D eigenvalue weighted by atomic mass is 16.5.